The molecule has 7 heteroatoms. The van der Waals surface area contributed by atoms with Crippen molar-refractivity contribution in [3.63, 3.8) is 0 Å². The zero-order valence-electron chi connectivity index (χ0n) is 12.5. The Bertz CT molecular complexity index is 514. The van der Waals surface area contributed by atoms with Gasteiger partial charge in [0.2, 0.25) is 11.8 Å². The molecule has 0 aliphatic carbocycles. The van der Waals surface area contributed by atoms with Crippen LogP contribution in [-0.2, 0) is 16.1 Å². The number of piperazine rings is 1. The molecule has 22 heavy (non-hydrogen) atoms. The molecule has 0 radical (unpaired) electrons. The summed E-state index contributed by atoms with van der Waals surface area (Å²) in [4.78, 5) is 28.6. The normalized spacial score (nSPS) is 23.4. The molecule has 3 heterocycles. The maximum absolute atomic E-state index is 12.5. The van der Waals surface area contributed by atoms with Gasteiger partial charge in [0, 0.05) is 49.8 Å². The summed E-state index contributed by atoms with van der Waals surface area (Å²) in [7, 11) is 0. The van der Waals surface area contributed by atoms with E-state index in [9.17, 15) is 9.59 Å². The maximum Gasteiger partial charge on any atom is 0.237 e. The van der Waals surface area contributed by atoms with E-state index in [0.29, 0.717) is 13.1 Å². The van der Waals surface area contributed by atoms with Crippen molar-refractivity contribution in [2.45, 2.75) is 19.0 Å². The number of amides is 2. The van der Waals surface area contributed by atoms with Gasteiger partial charge in [-0.2, -0.15) is 11.8 Å². The third-order valence-electron chi connectivity index (χ3n) is 4.14. The highest BCUT2D eigenvalue weighted by molar-refractivity contribution is 7.99. The fraction of sp³-hybridized carbons (Fsp3) is 0.600. The molecule has 2 aliphatic rings. The van der Waals surface area contributed by atoms with Gasteiger partial charge in [0.15, 0.2) is 0 Å². The number of hydrogen-bond donors (Lipinski definition) is 1. The van der Waals surface area contributed by atoms with Crippen LogP contribution >= 0.6 is 11.8 Å². The number of furan rings is 1. The third kappa shape index (κ3) is 3.64. The molecule has 2 saturated heterocycles. The van der Waals surface area contributed by atoms with Crippen LogP contribution in [0.25, 0.3) is 0 Å². The molecular formula is C15H21N3O3S. The Morgan fingerprint density at radius 3 is 2.91 bits per heavy atom. The lowest BCUT2D eigenvalue weighted by atomic mass is 10.1. The van der Waals surface area contributed by atoms with Crippen molar-refractivity contribution in [2.75, 3.05) is 37.7 Å². The average molecular weight is 323 g/mol. The first-order valence-electron chi connectivity index (χ1n) is 7.62. The summed E-state index contributed by atoms with van der Waals surface area (Å²) in [5.74, 6) is 2.01. The van der Waals surface area contributed by atoms with E-state index in [4.69, 9.17) is 4.42 Å². The van der Waals surface area contributed by atoms with Crippen LogP contribution in [0.15, 0.2) is 23.0 Å². The van der Waals surface area contributed by atoms with Crippen molar-refractivity contribution >= 4 is 23.6 Å². The predicted molar refractivity (Wildman–Crippen MR) is 84.4 cm³/mol. The zero-order valence-corrected chi connectivity index (χ0v) is 13.3. The first-order valence-corrected chi connectivity index (χ1v) is 8.78. The summed E-state index contributed by atoms with van der Waals surface area (Å²) in [6.45, 7) is 3.60. The monoisotopic (exact) mass is 323 g/mol. The predicted octanol–water partition coefficient (Wildman–Crippen LogP) is 0.545. The van der Waals surface area contributed by atoms with Gasteiger partial charge in [-0.25, -0.2) is 0 Å². The van der Waals surface area contributed by atoms with Crippen LogP contribution in [0.1, 0.15) is 12.0 Å². The third-order valence-corrected chi connectivity index (χ3v) is 5.08. The van der Waals surface area contributed by atoms with Gasteiger partial charge in [-0.1, -0.05) is 0 Å². The highest BCUT2D eigenvalue weighted by Gasteiger charge is 2.33. The number of rotatable bonds is 4. The van der Waals surface area contributed by atoms with Crippen LogP contribution in [0.3, 0.4) is 0 Å². The van der Waals surface area contributed by atoms with E-state index < -0.39 is 0 Å². The largest absolute Gasteiger partial charge is 0.472 e. The number of carbonyl (C=O) groups excluding carboxylic acids is 2. The van der Waals surface area contributed by atoms with Gasteiger partial charge < -0.3 is 14.6 Å². The van der Waals surface area contributed by atoms with Gasteiger partial charge in [-0.05, 0) is 6.07 Å². The Labute approximate surface area is 134 Å². The van der Waals surface area contributed by atoms with Gasteiger partial charge in [0.05, 0.1) is 25.0 Å². The lowest BCUT2D eigenvalue weighted by molar-refractivity contribution is -0.138. The second-order valence-corrected chi connectivity index (χ2v) is 6.83. The smallest absolute Gasteiger partial charge is 0.237 e. The van der Waals surface area contributed by atoms with Gasteiger partial charge >= 0.3 is 0 Å². The van der Waals surface area contributed by atoms with Crippen LogP contribution in [0.4, 0.5) is 0 Å². The van der Waals surface area contributed by atoms with Crippen molar-refractivity contribution in [1.29, 1.82) is 0 Å². The Morgan fingerprint density at radius 2 is 2.18 bits per heavy atom. The molecule has 0 bridgehead atoms. The molecule has 1 atom stereocenters. The van der Waals surface area contributed by atoms with Crippen LogP contribution < -0.4 is 5.32 Å². The van der Waals surface area contributed by atoms with Crippen molar-refractivity contribution in [3.8, 4) is 0 Å². The van der Waals surface area contributed by atoms with E-state index in [1.54, 1.807) is 12.5 Å². The Balaban J connectivity index is 1.64. The van der Waals surface area contributed by atoms with Crippen LogP contribution in [0, 0.1) is 0 Å². The van der Waals surface area contributed by atoms with Gasteiger partial charge in [-0.3, -0.25) is 14.5 Å². The van der Waals surface area contributed by atoms with Crippen molar-refractivity contribution in [1.82, 2.24) is 15.1 Å². The maximum atomic E-state index is 12.5. The van der Waals surface area contributed by atoms with E-state index in [0.717, 1.165) is 36.7 Å². The quantitative estimate of drug-likeness (QED) is 0.876. The Morgan fingerprint density at radius 1 is 1.36 bits per heavy atom. The molecule has 3 rings (SSSR count). The number of carbonyl (C=O) groups is 2. The van der Waals surface area contributed by atoms with E-state index >= 15 is 0 Å². The second-order valence-electron chi connectivity index (χ2n) is 5.61. The van der Waals surface area contributed by atoms with Crippen molar-refractivity contribution < 1.29 is 14.0 Å². The molecular weight excluding hydrogens is 302 g/mol. The Kier molecular flexibility index (Phi) is 5.04. The van der Waals surface area contributed by atoms with E-state index in [1.807, 2.05) is 22.7 Å². The molecule has 6 nitrogen and oxygen atoms in total. The molecule has 1 aromatic heterocycles. The average Bonchev–Trinajstić information content (AvgIpc) is 3.04. The lowest BCUT2D eigenvalue weighted by Gasteiger charge is -2.36. The van der Waals surface area contributed by atoms with Gasteiger partial charge in [0.1, 0.15) is 0 Å². The summed E-state index contributed by atoms with van der Waals surface area (Å²) < 4.78 is 5.09. The molecule has 0 unspecified atom stereocenters. The van der Waals surface area contributed by atoms with Gasteiger partial charge in [0.25, 0.3) is 0 Å². The summed E-state index contributed by atoms with van der Waals surface area (Å²) in [6, 6.07) is 1.51. The van der Waals surface area contributed by atoms with Crippen molar-refractivity contribution in [3.05, 3.63) is 24.2 Å². The molecule has 0 spiro atoms. The number of nitrogens with one attached hydrogen (secondary N) is 1. The number of hydrogen-bond acceptors (Lipinski definition) is 5. The molecule has 2 amide bonds. The van der Waals surface area contributed by atoms with Crippen LogP contribution in [0.2, 0.25) is 0 Å². The summed E-state index contributed by atoms with van der Waals surface area (Å²) in [6.07, 6.45) is 3.58. The van der Waals surface area contributed by atoms with Crippen molar-refractivity contribution in [2.24, 2.45) is 0 Å². The lowest BCUT2D eigenvalue weighted by Crippen LogP contribution is -2.56. The molecule has 0 aromatic carbocycles. The SMILES string of the molecule is O=C1NCCN(Cc2ccoc2)[C@H]1CC(=O)N1CCSCC1. The highest BCUT2D eigenvalue weighted by atomic mass is 32.2. The first-order chi connectivity index (χ1) is 10.7. The minimum absolute atomic E-state index is 0.0468. The summed E-state index contributed by atoms with van der Waals surface area (Å²) in [5.41, 5.74) is 1.03. The highest BCUT2D eigenvalue weighted by Crippen LogP contribution is 2.17. The summed E-state index contributed by atoms with van der Waals surface area (Å²) >= 11 is 1.87. The van der Waals surface area contributed by atoms with Crippen LogP contribution in [0.5, 0.6) is 0 Å². The Hall–Kier alpha value is -1.47. The number of nitrogens with zero attached hydrogens (tertiary/aromatic N) is 2. The molecule has 2 aliphatic heterocycles. The minimum Gasteiger partial charge on any atom is -0.472 e. The topological polar surface area (TPSA) is 65.8 Å². The standard InChI is InChI=1S/C15H21N3O3S/c19-14(17-4-7-22-8-5-17)9-13-15(20)16-2-3-18(13)10-12-1-6-21-11-12/h1,6,11,13H,2-5,7-10H2,(H,16,20)/t13-/m0/s1. The molecule has 120 valence electrons. The van der Waals surface area contributed by atoms with Crippen LogP contribution in [-0.4, -0.2) is 65.3 Å². The fourth-order valence-electron chi connectivity index (χ4n) is 2.90. The number of thioether (sulfide) groups is 1. The molecule has 1 aromatic rings. The molecule has 1 N–H and O–H groups in total. The van der Waals surface area contributed by atoms with E-state index in [2.05, 4.69) is 10.2 Å². The molecule has 2 fully saturated rings. The minimum atomic E-state index is -0.384. The zero-order chi connectivity index (χ0) is 15.4. The summed E-state index contributed by atoms with van der Waals surface area (Å²) in [5, 5.41) is 2.87. The first kappa shape index (κ1) is 15.4. The second kappa shape index (κ2) is 7.19. The van der Waals surface area contributed by atoms with E-state index in [1.165, 1.54) is 0 Å². The van der Waals surface area contributed by atoms with E-state index in [-0.39, 0.29) is 24.3 Å². The van der Waals surface area contributed by atoms with Gasteiger partial charge in [-0.15, -0.1) is 0 Å². The fourth-order valence-corrected chi connectivity index (χ4v) is 3.80. The molecule has 0 saturated carbocycles.